The summed E-state index contributed by atoms with van der Waals surface area (Å²) in [6, 6.07) is 8.03. The van der Waals surface area contributed by atoms with Crippen LogP contribution in [0.5, 0.6) is 0 Å². The Morgan fingerprint density at radius 2 is 1.97 bits per heavy atom. The third-order valence-corrected chi connectivity index (χ3v) is 6.00. The zero-order valence-electron chi connectivity index (χ0n) is 19.9. The molecule has 0 saturated carbocycles. The van der Waals surface area contributed by atoms with Crippen LogP contribution >= 0.6 is 11.6 Å². The van der Waals surface area contributed by atoms with E-state index in [1.807, 2.05) is 30.9 Å². The lowest BCUT2D eigenvalue weighted by Crippen LogP contribution is -2.31. The first-order valence-electron chi connectivity index (χ1n) is 11.0. The number of allylic oxidation sites excluding steroid dienone is 2. The number of aryl methyl sites for hydroxylation is 1. The van der Waals surface area contributed by atoms with Crippen molar-refractivity contribution in [3.8, 4) is 5.82 Å². The highest BCUT2D eigenvalue weighted by Gasteiger charge is 2.24. The van der Waals surface area contributed by atoms with Gasteiger partial charge in [-0.2, -0.15) is 0 Å². The summed E-state index contributed by atoms with van der Waals surface area (Å²) in [4.78, 5) is 23.5. The Labute approximate surface area is 207 Å². The second-order valence-corrected chi connectivity index (χ2v) is 9.34. The van der Waals surface area contributed by atoms with Crippen molar-refractivity contribution in [3.05, 3.63) is 104 Å². The summed E-state index contributed by atoms with van der Waals surface area (Å²) in [6.07, 6.45) is 6.30. The van der Waals surface area contributed by atoms with Crippen LogP contribution in [0.25, 0.3) is 5.82 Å². The number of rotatable bonds is 6. The van der Waals surface area contributed by atoms with Crippen molar-refractivity contribution in [2.24, 2.45) is 0 Å². The maximum absolute atomic E-state index is 13.1. The van der Waals surface area contributed by atoms with Crippen LogP contribution < -0.4 is 10.5 Å². The Bertz CT molecular complexity index is 1370. The number of anilines is 1. The van der Waals surface area contributed by atoms with Gasteiger partial charge in [0, 0.05) is 41.5 Å². The molecule has 0 unspecified atom stereocenters. The molecule has 0 radical (unpaired) electrons. The van der Waals surface area contributed by atoms with E-state index in [-0.39, 0.29) is 17.7 Å². The molecule has 4 rings (SSSR count). The zero-order valence-corrected chi connectivity index (χ0v) is 20.7. The molecule has 9 heteroatoms. The van der Waals surface area contributed by atoms with Crippen molar-refractivity contribution in [1.29, 1.82) is 0 Å². The van der Waals surface area contributed by atoms with Crippen molar-refractivity contribution in [1.82, 2.24) is 14.5 Å². The molecular weight excluding hydrogens is 471 g/mol. The quantitative estimate of drug-likeness (QED) is 0.533. The molecule has 0 saturated heterocycles. The number of halogens is 2. The molecule has 4 heterocycles. The summed E-state index contributed by atoms with van der Waals surface area (Å²) in [7, 11) is 0. The van der Waals surface area contributed by atoms with E-state index in [2.05, 4.69) is 9.97 Å². The van der Waals surface area contributed by atoms with Gasteiger partial charge in [-0.15, -0.1) is 0 Å². The van der Waals surface area contributed by atoms with Crippen LogP contribution in [-0.2, 0) is 16.9 Å². The van der Waals surface area contributed by atoms with Crippen LogP contribution in [0.4, 0.5) is 10.1 Å². The summed E-state index contributed by atoms with van der Waals surface area (Å²) in [5.74, 6) is 0.544. The number of hydrogen-bond acceptors (Lipinski definition) is 6. The molecule has 0 fully saturated rings. The maximum atomic E-state index is 13.1. The maximum Gasteiger partial charge on any atom is 0.262 e. The van der Waals surface area contributed by atoms with E-state index in [0.717, 1.165) is 23.1 Å². The molecule has 35 heavy (non-hydrogen) atoms. The number of hydrogen-bond donors (Lipinski definition) is 1. The Morgan fingerprint density at radius 1 is 1.20 bits per heavy atom. The predicted molar refractivity (Wildman–Crippen MR) is 133 cm³/mol. The van der Waals surface area contributed by atoms with Gasteiger partial charge in [-0.25, -0.2) is 9.37 Å². The van der Waals surface area contributed by atoms with E-state index in [1.165, 1.54) is 10.6 Å². The van der Waals surface area contributed by atoms with Gasteiger partial charge in [0.05, 0.1) is 29.1 Å². The lowest BCUT2D eigenvalue weighted by atomic mass is 10.0. The molecule has 3 aromatic rings. The number of aromatic nitrogens is 3. The molecule has 7 nitrogen and oxygen atoms in total. The van der Waals surface area contributed by atoms with Crippen molar-refractivity contribution in [2.75, 3.05) is 11.4 Å². The first-order valence-corrected chi connectivity index (χ1v) is 11.4. The van der Waals surface area contributed by atoms with Gasteiger partial charge < -0.3 is 14.7 Å². The van der Waals surface area contributed by atoms with Crippen molar-refractivity contribution in [3.63, 3.8) is 0 Å². The lowest BCUT2D eigenvalue weighted by molar-refractivity contribution is 0.0767. The first-order chi connectivity index (χ1) is 16.5. The van der Waals surface area contributed by atoms with E-state index in [0.29, 0.717) is 28.8 Å². The Balaban J connectivity index is 1.61. The first kappa shape index (κ1) is 24.6. The van der Waals surface area contributed by atoms with E-state index in [4.69, 9.17) is 16.3 Å². The summed E-state index contributed by atoms with van der Waals surface area (Å²) in [5.41, 5.74) is 1.87. The van der Waals surface area contributed by atoms with E-state index < -0.39 is 11.4 Å². The van der Waals surface area contributed by atoms with Gasteiger partial charge >= 0.3 is 0 Å². The molecule has 3 aromatic heterocycles. The molecule has 182 valence electrons. The average molecular weight is 497 g/mol. The van der Waals surface area contributed by atoms with Gasteiger partial charge in [-0.05, 0) is 57.5 Å². The molecular formula is C26H26ClFN4O3. The molecule has 1 aliphatic rings. The van der Waals surface area contributed by atoms with Gasteiger partial charge in [0.15, 0.2) is 0 Å². The molecule has 0 amide bonds. The van der Waals surface area contributed by atoms with Gasteiger partial charge in [0.2, 0.25) is 0 Å². The third kappa shape index (κ3) is 5.28. The van der Waals surface area contributed by atoms with Crippen molar-refractivity contribution >= 4 is 17.3 Å². The third-order valence-electron chi connectivity index (χ3n) is 5.70. The Morgan fingerprint density at radius 3 is 2.66 bits per heavy atom. The highest BCUT2D eigenvalue weighted by molar-refractivity contribution is 6.30. The Kier molecular flexibility index (Phi) is 6.78. The van der Waals surface area contributed by atoms with Gasteiger partial charge in [0.25, 0.3) is 5.56 Å². The zero-order chi connectivity index (χ0) is 25.3. The van der Waals surface area contributed by atoms with Gasteiger partial charge in [-0.3, -0.25) is 14.3 Å². The summed E-state index contributed by atoms with van der Waals surface area (Å²) in [5, 5.41) is 10.9. The largest absolute Gasteiger partial charge is 0.486 e. The van der Waals surface area contributed by atoms with Crippen LogP contribution in [-0.4, -0.2) is 26.2 Å². The van der Waals surface area contributed by atoms with Crippen LogP contribution in [0.3, 0.4) is 0 Å². The second-order valence-electron chi connectivity index (χ2n) is 8.88. The normalized spacial score (nSPS) is 14.3. The highest BCUT2D eigenvalue weighted by Crippen LogP contribution is 2.32. The second kappa shape index (κ2) is 9.64. The standard InChI is InChI=1S/C26H26ClFN4O3/c1-16-12-30-24(31-9-5-6-20(25(31)33)26(3,4)34)11-22(16)32-14-21(27)23(10-17(32)2)35-15-19-8-7-18(28)13-29-19/h5-13,34H,14-15H2,1-4H3. The number of aliphatic hydroxyl groups is 1. The van der Waals surface area contributed by atoms with Gasteiger partial charge in [-0.1, -0.05) is 11.6 Å². The molecule has 0 aliphatic carbocycles. The molecule has 1 aliphatic heterocycles. The SMILES string of the molecule is CC1=CC(OCc2ccc(F)cn2)=C(Cl)CN1c1cc(-n2cccc(C(C)(C)O)c2=O)ncc1C. The predicted octanol–water partition coefficient (Wildman–Crippen LogP) is 4.69. The molecule has 0 atom stereocenters. The minimum atomic E-state index is -1.28. The van der Waals surface area contributed by atoms with E-state index in [1.54, 1.807) is 44.4 Å². The number of pyridine rings is 3. The smallest absolute Gasteiger partial charge is 0.262 e. The van der Waals surface area contributed by atoms with Crippen LogP contribution in [0.2, 0.25) is 0 Å². The van der Waals surface area contributed by atoms with Gasteiger partial charge in [0.1, 0.15) is 24.0 Å². The van der Waals surface area contributed by atoms with Crippen molar-refractivity contribution in [2.45, 2.75) is 39.9 Å². The van der Waals surface area contributed by atoms with Crippen LogP contribution in [0.1, 0.15) is 37.6 Å². The fourth-order valence-electron chi connectivity index (χ4n) is 3.79. The summed E-state index contributed by atoms with van der Waals surface area (Å²) in [6.45, 7) is 7.53. The van der Waals surface area contributed by atoms with Crippen molar-refractivity contribution < 1.29 is 14.2 Å². The average Bonchev–Trinajstić information content (AvgIpc) is 2.80. The fourth-order valence-corrected chi connectivity index (χ4v) is 4.02. The monoisotopic (exact) mass is 496 g/mol. The minimum Gasteiger partial charge on any atom is -0.486 e. The molecule has 1 N–H and O–H groups in total. The highest BCUT2D eigenvalue weighted by atomic mass is 35.5. The van der Waals surface area contributed by atoms with Crippen LogP contribution in [0, 0.1) is 12.7 Å². The lowest BCUT2D eigenvalue weighted by Gasteiger charge is -2.31. The molecule has 0 aromatic carbocycles. The summed E-state index contributed by atoms with van der Waals surface area (Å²) < 4.78 is 20.3. The number of nitrogens with zero attached hydrogens (tertiary/aromatic N) is 4. The van der Waals surface area contributed by atoms with E-state index in [9.17, 15) is 14.3 Å². The van der Waals surface area contributed by atoms with Crippen LogP contribution in [0.15, 0.2) is 76.3 Å². The topological polar surface area (TPSA) is 80.5 Å². The molecule has 0 bridgehead atoms. The fraction of sp³-hybridized carbons (Fsp3) is 0.269. The Hall–Kier alpha value is -3.49. The van der Waals surface area contributed by atoms with E-state index >= 15 is 0 Å². The number of ether oxygens (including phenoxy) is 1. The molecule has 0 spiro atoms. The minimum absolute atomic E-state index is 0.161. The summed E-state index contributed by atoms with van der Waals surface area (Å²) >= 11 is 6.58.